The van der Waals surface area contributed by atoms with Gasteiger partial charge in [-0.2, -0.15) is 0 Å². The normalized spacial score (nSPS) is 10.3. The van der Waals surface area contributed by atoms with Crippen molar-refractivity contribution >= 4 is 11.9 Å². The van der Waals surface area contributed by atoms with E-state index in [0.717, 1.165) is 12.0 Å². The zero-order valence-electron chi connectivity index (χ0n) is 15.4. The van der Waals surface area contributed by atoms with Gasteiger partial charge in [0.2, 0.25) is 5.91 Å². The number of aliphatic carboxylic acids is 1. The number of carboxylic acids is 1. The van der Waals surface area contributed by atoms with Gasteiger partial charge in [0.25, 0.3) is 0 Å². The van der Waals surface area contributed by atoms with Crippen LogP contribution in [0.15, 0.2) is 48.5 Å². The molecule has 0 radical (unpaired) electrons. The molecule has 2 N–H and O–H groups in total. The van der Waals surface area contributed by atoms with Crippen LogP contribution in [-0.4, -0.2) is 37.2 Å². The lowest BCUT2D eigenvalue weighted by Gasteiger charge is -2.15. The summed E-state index contributed by atoms with van der Waals surface area (Å²) in [6.07, 6.45) is 1.16. The van der Waals surface area contributed by atoms with E-state index in [9.17, 15) is 9.59 Å². The van der Waals surface area contributed by atoms with Gasteiger partial charge in [-0.3, -0.25) is 9.59 Å². The zero-order valence-corrected chi connectivity index (χ0v) is 15.4. The van der Waals surface area contributed by atoms with Crippen LogP contribution in [0.5, 0.6) is 11.5 Å². The van der Waals surface area contributed by atoms with Gasteiger partial charge < -0.3 is 19.9 Å². The quantitative estimate of drug-likeness (QED) is 0.634. The second kappa shape index (κ2) is 10.9. The number of carboxylic acid groups (broad SMARTS) is 1. The third-order valence-electron chi connectivity index (χ3n) is 4.04. The number of amides is 1. The standard InChI is InChI=1S/C21H25NO5/c1-26-18-9-5-8-17(12-14-22-19(23)10-11-20(24)25)21(18)27-15-13-16-6-3-2-4-7-16/h2-9H,10-15H2,1H3,(H,22,23)(H,24,25). The second-order valence-corrected chi connectivity index (χ2v) is 6.03. The van der Waals surface area contributed by atoms with Gasteiger partial charge in [0.15, 0.2) is 11.5 Å². The van der Waals surface area contributed by atoms with Crippen molar-refractivity contribution in [1.82, 2.24) is 5.32 Å². The number of benzene rings is 2. The minimum absolute atomic E-state index is 0.0200. The number of carbonyl (C=O) groups excluding carboxylic acids is 1. The lowest BCUT2D eigenvalue weighted by molar-refractivity contribution is -0.138. The van der Waals surface area contributed by atoms with Crippen molar-refractivity contribution in [1.29, 1.82) is 0 Å². The first-order valence-electron chi connectivity index (χ1n) is 8.91. The SMILES string of the molecule is COc1cccc(CCNC(=O)CCC(=O)O)c1OCCc1ccccc1. The number of hydrogen-bond acceptors (Lipinski definition) is 4. The highest BCUT2D eigenvalue weighted by molar-refractivity contribution is 5.80. The molecule has 2 aromatic carbocycles. The van der Waals surface area contributed by atoms with Gasteiger partial charge >= 0.3 is 5.97 Å². The van der Waals surface area contributed by atoms with Crippen LogP contribution < -0.4 is 14.8 Å². The smallest absolute Gasteiger partial charge is 0.303 e. The molecule has 1 amide bonds. The minimum Gasteiger partial charge on any atom is -0.493 e. The Morgan fingerprint density at radius 3 is 2.48 bits per heavy atom. The Balaban J connectivity index is 1.91. The number of hydrogen-bond donors (Lipinski definition) is 2. The van der Waals surface area contributed by atoms with Crippen LogP contribution in [0.25, 0.3) is 0 Å². The Hall–Kier alpha value is -3.02. The van der Waals surface area contributed by atoms with Crippen molar-refractivity contribution in [2.24, 2.45) is 0 Å². The molecule has 0 heterocycles. The molecule has 0 saturated carbocycles. The van der Waals surface area contributed by atoms with Crippen LogP contribution in [0.2, 0.25) is 0 Å². The van der Waals surface area contributed by atoms with E-state index in [1.165, 1.54) is 5.56 Å². The summed E-state index contributed by atoms with van der Waals surface area (Å²) >= 11 is 0. The van der Waals surface area contributed by atoms with E-state index in [-0.39, 0.29) is 18.7 Å². The molecular weight excluding hydrogens is 346 g/mol. The highest BCUT2D eigenvalue weighted by atomic mass is 16.5. The lowest BCUT2D eigenvalue weighted by atomic mass is 10.1. The minimum atomic E-state index is -0.980. The summed E-state index contributed by atoms with van der Waals surface area (Å²) < 4.78 is 11.4. The van der Waals surface area contributed by atoms with Gasteiger partial charge in [-0.25, -0.2) is 0 Å². The summed E-state index contributed by atoms with van der Waals surface area (Å²) in [6, 6.07) is 15.7. The van der Waals surface area contributed by atoms with Crippen LogP contribution in [0, 0.1) is 0 Å². The van der Waals surface area contributed by atoms with Gasteiger partial charge in [0.1, 0.15) is 0 Å². The molecule has 0 aliphatic carbocycles. The van der Waals surface area contributed by atoms with Crippen molar-refractivity contribution < 1.29 is 24.2 Å². The maximum Gasteiger partial charge on any atom is 0.303 e. The molecule has 0 fully saturated rings. The second-order valence-electron chi connectivity index (χ2n) is 6.03. The zero-order chi connectivity index (χ0) is 19.5. The molecule has 0 unspecified atom stereocenters. The fraction of sp³-hybridized carbons (Fsp3) is 0.333. The van der Waals surface area contributed by atoms with E-state index >= 15 is 0 Å². The lowest BCUT2D eigenvalue weighted by Crippen LogP contribution is -2.26. The fourth-order valence-corrected chi connectivity index (χ4v) is 2.64. The maximum absolute atomic E-state index is 11.6. The average Bonchev–Trinajstić information content (AvgIpc) is 2.68. The molecule has 6 heteroatoms. The summed E-state index contributed by atoms with van der Waals surface area (Å²) in [5, 5.41) is 11.3. The summed E-state index contributed by atoms with van der Waals surface area (Å²) in [6.45, 7) is 0.920. The first-order chi connectivity index (χ1) is 13.1. The predicted molar refractivity (Wildman–Crippen MR) is 102 cm³/mol. The van der Waals surface area contributed by atoms with Crippen LogP contribution in [0.4, 0.5) is 0 Å². The molecule has 0 saturated heterocycles. The molecule has 0 aliphatic rings. The average molecular weight is 371 g/mol. The Labute approximate surface area is 159 Å². The number of carbonyl (C=O) groups is 2. The molecule has 27 heavy (non-hydrogen) atoms. The first kappa shape index (κ1) is 20.3. The third kappa shape index (κ3) is 7.01. The van der Waals surface area contributed by atoms with E-state index < -0.39 is 5.97 Å². The van der Waals surface area contributed by atoms with Crippen LogP contribution in [0.1, 0.15) is 24.0 Å². The number of methoxy groups -OCH3 is 1. The van der Waals surface area contributed by atoms with Gasteiger partial charge in [-0.05, 0) is 23.6 Å². The highest BCUT2D eigenvalue weighted by Crippen LogP contribution is 2.31. The summed E-state index contributed by atoms with van der Waals surface area (Å²) in [7, 11) is 1.59. The molecular formula is C21H25NO5. The topological polar surface area (TPSA) is 84.9 Å². The van der Waals surface area contributed by atoms with Crippen LogP contribution >= 0.6 is 0 Å². The fourth-order valence-electron chi connectivity index (χ4n) is 2.64. The molecule has 0 aromatic heterocycles. The molecule has 0 spiro atoms. The summed E-state index contributed by atoms with van der Waals surface area (Å²) in [4.78, 5) is 22.2. The molecule has 0 aliphatic heterocycles. The monoisotopic (exact) mass is 371 g/mol. The Bertz CT molecular complexity index is 745. The largest absolute Gasteiger partial charge is 0.493 e. The van der Waals surface area contributed by atoms with Crippen molar-refractivity contribution in [2.45, 2.75) is 25.7 Å². The number of nitrogens with one attached hydrogen (secondary N) is 1. The van der Waals surface area contributed by atoms with Crippen LogP contribution in [-0.2, 0) is 22.4 Å². The van der Waals surface area contributed by atoms with E-state index in [1.54, 1.807) is 7.11 Å². The van der Waals surface area contributed by atoms with Crippen LogP contribution in [0.3, 0.4) is 0 Å². The Morgan fingerprint density at radius 2 is 1.78 bits per heavy atom. The van der Waals surface area contributed by atoms with Crippen molar-refractivity contribution in [2.75, 3.05) is 20.3 Å². The molecule has 144 valence electrons. The summed E-state index contributed by atoms with van der Waals surface area (Å²) in [5.41, 5.74) is 2.13. The molecule has 2 aromatic rings. The first-order valence-corrected chi connectivity index (χ1v) is 8.91. The molecule has 0 bridgehead atoms. The van der Waals surface area contributed by atoms with Crippen molar-refractivity contribution in [3.8, 4) is 11.5 Å². The van der Waals surface area contributed by atoms with E-state index in [2.05, 4.69) is 17.4 Å². The van der Waals surface area contributed by atoms with Gasteiger partial charge in [-0.1, -0.05) is 42.5 Å². The van der Waals surface area contributed by atoms with Gasteiger partial charge in [0.05, 0.1) is 20.1 Å². The van der Waals surface area contributed by atoms with E-state index in [4.69, 9.17) is 14.6 Å². The third-order valence-corrected chi connectivity index (χ3v) is 4.04. The number of rotatable bonds is 11. The van der Waals surface area contributed by atoms with E-state index in [0.29, 0.717) is 31.1 Å². The maximum atomic E-state index is 11.6. The van der Waals surface area contributed by atoms with E-state index in [1.807, 2.05) is 36.4 Å². The Morgan fingerprint density at radius 1 is 1.00 bits per heavy atom. The summed E-state index contributed by atoms with van der Waals surface area (Å²) in [5.74, 6) is 0.0763. The molecule has 2 rings (SSSR count). The number of ether oxygens (including phenoxy) is 2. The molecule has 6 nitrogen and oxygen atoms in total. The van der Waals surface area contributed by atoms with Gasteiger partial charge in [0, 0.05) is 19.4 Å². The number of para-hydroxylation sites is 1. The molecule has 0 atom stereocenters. The Kier molecular flexibility index (Phi) is 8.16. The highest BCUT2D eigenvalue weighted by Gasteiger charge is 2.11. The van der Waals surface area contributed by atoms with Crippen molar-refractivity contribution in [3.05, 3.63) is 59.7 Å². The predicted octanol–water partition coefficient (Wildman–Crippen LogP) is 2.84. The van der Waals surface area contributed by atoms with Crippen molar-refractivity contribution in [3.63, 3.8) is 0 Å². The van der Waals surface area contributed by atoms with Gasteiger partial charge in [-0.15, -0.1) is 0 Å².